The van der Waals surface area contributed by atoms with E-state index in [9.17, 15) is 9.59 Å². The van der Waals surface area contributed by atoms with Crippen LogP contribution in [0.15, 0.2) is 48.0 Å². The average molecular weight is 451 g/mol. The highest BCUT2D eigenvalue weighted by molar-refractivity contribution is 5.98. The van der Waals surface area contributed by atoms with Crippen LogP contribution in [0.1, 0.15) is 25.0 Å². The van der Waals surface area contributed by atoms with Gasteiger partial charge in [-0.05, 0) is 61.4 Å². The van der Waals surface area contributed by atoms with E-state index in [1.807, 2.05) is 13.8 Å². The molecule has 0 atom stereocenters. The van der Waals surface area contributed by atoms with E-state index in [-0.39, 0.29) is 17.1 Å². The highest BCUT2D eigenvalue weighted by Crippen LogP contribution is 2.30. The van der Waals surface area contributed by atoms with Crippen LogP contribution in [0.5, 0.6) is 23.0 Å². The minimum Gasteiger partial charge on any atom is -0.493 e. The van der Waals surface area contributed by atoms with Crippen molar-refractivity contribution in [2.24, 2.45) is 0 Å². The van der Waals surface area contributed by atoms with E-state index in [0.29, 0.717) is 30.3 Å². The number of hydrogen-bond acceptors (Lipinski definition) is 8. The van der Waals surface area contributed by atoms with Crippen LogP contribution in [-0.4, -0.2) is 39.4 Å². The molecule has 2 rings (SSSR count). The molecule has 0 aromatic heterocycles. The summed E-state index contributed by atoms with van der Waals surface area (Å²) in [6, 6.07) is 11.7. The van der Waals surface area contributed by atoms with E-state index in [4.69, 9.17) is 24.2 Å². The Balaban J connectivity index is 2.17. The summed E-state index contributed by atoms with van der Waals surface area (Å²) in [5.74, 6) is 0.290. The van der Waals surface area contributed by atoms with Crippen LogP contribution in [0, 0.1) is 11.3 Å². The molecule has 0 saturated carbocycles. The van der Waals surface area contributed by atoms with Crippen LogP contribution >= 0.6 is 0 Å². The zero-order chi connectivity index (χ0) is 24.2. The first-order valence-electron chi connectivity index (χ1n) is 10.1. The predicted molar refractivity (Wildman–Crippen MR) is 122 cm³/mol. The van der Waals surface area contributed by atoms with Crippen molar-refractivity contribution in [1.29, 1.82) is 5.26 Å². The number of nitriles is 1. The summed E-state index contributed by atoms with van der Waals surface area (Å²) in [4.78, 5) is 23.9. The molecule has 0 heterocycles. The molecular formula is C25H25NO7. The lowest BCUT2D eigenvalue weighted by molar-refractivity contribution is -0.135. The number of rotatable bonds is 10. The molecule has 2 aromatic rings. The number of ether oxygens (including phenoxy) is 5. The van der Waals surface area contributed by atoms with Crippen molar-refractivity contribution in [3.63, 3.8) is 0 Å². The number of methoxy groups -OCH3 is 2. The fraction of sp³-hybridized carbons (Fsp3) is 0.240. The Hall–Kier alpha value is -4.25. The molecule has 0 aliphatic carbocycles. The van der Waals surface area contributed by atoms with Crippen molar-refractivity contribution >= 4 is 24.1 Å². The first-order chi connectivity index (χ1) is 15.9. The summed E-state index contributed by atoms with van der Waals surface area (Å²) >= 11 is 0. The Kier molecular flexibility index (Phi) is 9.53. The molecule has 8 heteroatoms. The Labute approximate surface area is 192 Å². The summed E-state index contributed by atoms with van der Waals surface area (Å²) in [5.41, 5.74) is 1.06. The molecular weight excluding hydrogens is 426 g/mol. The van der Waals surface area contributed by atoms with Gasteiger partial charge in [0.1, 0.15) is 11.6 Å². The summed E-state index contributed by atoms with van der Waals surface area (Å²) in [5, 5.41) is 9.09. The number of nitrogens with zero attached hydrogens (tertiary/aromatic N) is 1. The van der Waals surface area contributed by atoms with Gasteiger partial charge in [-0.25, -0.2) is 9.59 Å². The Bertz CT molecular complexity index is 1100. The smallest absolute Gasteiger partial charge is 0.348 e. The van der Waals surface area contributed by atoms with Crippen molar-refractivity contribution in [3.8, 4) is 29.1 Å². The molecule has 33 heavy (non-hydrogen) atoms. The first kappa shape index (κ1) is 25.0. The number of carbonyl (C=O) groups is 2. The van der Waals surface area contributed by atoms with E-state index in [0.717, 1.165) is 5.56 Å². The van der Waals surface area contributed by atoms with Gasteiger partial charge in [0.2, 0.25) is 0 Å². The minimum atomic E-state index is -0.751. The second-order valence-corrected chi connectivity index (χ2v) is 6.40. The molecule has 0 unspecified atom stereocenters. The Morgan fingerprint density at radius 1 is 0.909 bits per heavy atom. The van der Waals surface area contributed by atoms with Crippen LogP contribution in [-0.2, 0) is 14.3 Å². The predicted octanol–water partition coefficient (Wildman–Crippen LogP) is 4.19. The molecule has 0 N–H and O–H groups in total. The van der Waals surface area contributed by atoms with Crippen molar-refractivity contribution in [1.82, 2.24) is 0 Å². The summed E-state index contributed by atoms with van der Waals surface area (Å²) < 4.78 is 26.3. The average Bonchev–Trinajstić information content (AvgIpc) is 2.83. The van der Waals surface area contributed by atoms with Crippen LogP contribution in [0.4, 0.5) is 0 Å². The summed E-state index contributed by atoms with van der Waals surface area (Å²) in [7, 11) is 2.60. The molecule has 8 nitrogen and oxygen atoms in total. The van der Waals surface area contributed by atoms with Gasteiger partial charge in [-0.1, -0.05) is 12.1 Å². The van der Waals surface area contributed by atoms with Gasteiger partial charge in [0.05, 0.1) is 27.4 Å². The first-order valence-corrected chi connectivity index (χ1v) is 10.1. The van der Waals surface area contributed by atoms with Crippen LogP contribution in [0.2, 0.25) is 0 Å². The highest BCUT2D eigenvalue weighted by atomic mass is 16.6. The quantitative estimate of drug-likeness (QED) is 0.229. The second kappa shape index (κ2) is 12.6. The van der Waals surface area contributed by atoms with E-state index < -0.39 is 11.9 Å². The van der Waals surface area contributed by atoms with Crippen molar-refractivity contribution in [2.75, 3.05) is 27.4 Å². The zero-order valence-electron chi connectivity index (χ0n) is 18.9. The third kappa shape index (κ3) is 7.14. The lowest BCUT2D eigenvalue weighted by atomic mass is 10.1. The van der Waals surface area contributed by atoms with E-state index in [2.05, 4.69) is 4.74 Å². The van der Waals surface area contributed by atoms with Crippen molar-refractivity contribution in [2.45, 2.75) is 13.8 Å². The lowest BCUT2D eigenvalue weighted by Crippen LogP contribution is -2.05. The molecule has 172 valence electrons. The molecule has 0 amide bonds. The van der Waals surface area contributed by atoms with Gasteiger partial charge in [0, 0.05) is 6.08 Å². The molecule has 0 bridgehead atoms. The second-order valence-electron chi connectivity index (χ2n) is 6.40. The largest absolute Gasteiger partial charge is 0.493 e. The molecule has 0 aliphatic rings. The number of benzene rings is 2. The Morgan fingerprint density at radius 3 is 2.18 bits per heavy atom. The number of hydrogen-bond donors (Lipinski definition) is 0. The summed E-state index contributed by atoms with van der Waals surface area (Å²) in [6.07, 6.45) is 4.23. The van der Waals surface area contributed by atoms with Gasteiger partial charge >= 0.3 is 11.9 Å². The standard InChI is InChI=1S/C25H25NO7/c1-5-31-20-10-7-17(14-23(20)32-6-2)9-12-24(27)33-21-11-8-18(15-22(21)29-3)13-19(16-26)25(28)30-4/h7-15H,5-6H2,1-4H3/b12-9+,19-13+. The highest BCUT2D eigenvalue weighted by Gasteiger charge is 2.12. The van der Waals surface area contributed by atoms with E-state index in [1.165, 1.54) is 38.5 Å². The third-order valence-corrected chi connectivity index (χ3v) is 4.21. The zero-order valence-corrected chi connectivity index (χ0v) is 18.9. The molecule has 0 spiro atoms. The van der Waals surface area contributed by atoms with Gasteiger partial charge in [-0.3, -0.25) is 0 Å². The van der Waals surface area contributed by atoms with Gasteiger partial charge in [-0.2, -0.15) is 5.26 Å². The van der Waals surface area contributed by atoms with Crippen LogP contribution < -0.4 is 18.9 Å². The van der Waals surface area contributed by atoms with E-state index in [1.54, 1.807) is 36.4 Å². The molecule has 2 aromatic carbocycles. The monoisotopic (exact) mass is 451 g/mol. The fourth-order valence-corrected chi connectivity index (χ4v) is 2.75. The molecule has 0 saturated heterocycles. The third-order valence-electron chi connectivity index (χ3n) is 4.21. The topological polar surface area (TPSA) is 104 Å². The maximum atomic E-state index is 12.3. The molecule has 0 radical (unpaired) electrons. The van der Waals surface area contributed by atoms with Gasteiger partial charge in [0.25, 0.3) is 0 Å². The maximum Gasteiger partial charge on any atom is 0.348 e. The molecule has 0 fully saturated rings. The van der Waals surface area contributed by atoms with Gasteiger partial charge < -0.3 is 23.7 Å². The van der Waals surface area contributed by atoms with E-state index >= 15 is 0 Å². The number of carbonyl (C=O) groups excluding carboxylic acids is 2. The van der Waals surface area contributed by atoms with Crippen LogP contribution in [0.25, 0.3) is 12.2 Å². The Morgan fingerprint density at radius 2 is 1.55 bits per heavy atom. The van der Waals surface area contributed by atoms with Gasteiger partial charge in [-0.15, -0.1) is 0 Å². The van der Waals surface area contributed by atoms with Crippen LogP contribution in [0.3, 0.4) is 0 Å². The molecule has 0 aliphatic heterocycles. The minimum absolute atomic E-state index is 0.172. The normalized spacial score (nSPS) is 10.9. The fourth-order valence-electron chi connectivity index (χ4n) is 2.75. The summed E-state index contributed by atoms with van der Waals surface area (Å²) in [6.45, 7) is 4.76. The van der Waals surface area contributed by atoms with Gasteiger partial charge in [0.15, 0.2) is 23.0 Å². The number of esters is 2. The van der Waals surface area contributed by atoms with Crippen molar-refractivity contribution in [3.05, 3.63) is 59.2 Å². The lowest BCUT2D eigenvalue weighted by Gasteiger charge is -2.11. The maximum absolute atomic E-state index is 12.3. The SMILES string of the molecule is CCOc1ccc(/C=C/C(=O)Oc2ccc(/C=C(\C#N)C(=O)OC)cc2OC)cc1OCC. The van der Waals surface area contributed by atoms with Crippen molar-refractivity contribution < 1.29 is 33.3 Å².